The van der Waals surface area contributed by atoms with E-state index in [-0.39, 0.29) is 5.75 Å². The lowest BCUT2D eigenvalue weighted by atomic mass is 10.1. The van der Waals surface area contributed by atoms with Crippen LogP contribution in [0.1, 0.15) is 0 Å². The molecular formula is C12H7N3O5. The largest absolute Gasteiger partial charge is 0.453 e. The number of nitro benzene ring substituents is 2. The first-order valence-electron chi connectivity index (χ1n) is 5.57. The summed E-state index contributed by atoms with van der Waals surface area (Å²) >= 11 is 0. The van der Waals surface area contributed by atoms with Crippen molar-refractivity contribution in [2.75, 3.05) is 5.32 Å². The molecule has 0 spiro atoms. The molecule has 1 heterocycles. The van der Waals surface area contributed by atoms with Crippen LogP contribution >= 0.6 is 0 Å². The normalized spacial score (nSPS) is 11.6. The van der Waals surface area contributed by atoms with Gasteiger partial charge in [0.25, 0.3) is 0 Å². The molecule has 1 aliphatic rings. The summed E-state index contributed by atoms with van der Waals surface area (Å²) in [4.78, 5) is 20.2. The highest BCUT2D eigenvalue weighted by Crippen LogP contribution is 2.46. The Bertz CT molecular complexity index is 682. The number of ether oxygens (including phenoxy) is 1. The molecule has 0 saturated heterocycles. The summed E-state index contributed by atoms with van der Waals surface area (Å²) in [5.74, 6) is 0.684. The maximum atomic E-state index is 10.9. The van der Waals surface area contributed by atoms with Gasteiger partial charge < -0.3 is 10.1 Å². The second-order valence-corrected chi connectivity index (χ2v) is 4.07. The first kappa shape index (κ1) is 11.9. The summed E-state index contributed by atoms with van der Waals surface area (Å²) in [5.41, 5.74) is -0.219. The molecule has 0 saturated carbocycles. The fourth-order valence-corrected chi connectivity index (χ4v) is 1.95. The molecule has 0 bridgehead atoms. The van der Waals surface area contributed by atoms with E-state index in [1.165, 1.54) is 0 Å². The monoisotopic (exact) mass is 273 g/mol. The fraction of sp³-hybridized carbons (Fsp3) is 0. The van der Waals surface area contributed by atoms with Crippen molar-refractivity contribution in [3.05, 3.63) is 56.6 Å². The molecule has 2 aromatic carbocycles. The Kier molecular flexibility index (Phi) is 2.50. The molecule has 2 aromatic rings. The van der Waals surface area contributed by atoms with E-state index in [2.05, 4.69) is 5.32 Å². The molecule has 0 amide bonds. The van der Waals surface area contributed by atoms with E-state index in [1.807, 2.05) is 0 Å². The number of hydrogen-bond acceptors (Lipinski definition) is 6. The van der Waals surface area contributed by atoms with Gasteiger partial charge in [-0.2, -0.15) is 0 Å². The first-order valence-corrected chi connectivity index (χ1v) is 5.57. The van der Waals surface area contributed by atoms with Gasteiger partial charge >= 0.3 is 11.4 Å². The summed E-state index contributed by atoms with van der Waals surface area (Å²) in [5, 5.41) is 24.7. The number of hydrogen-bond donors (Lipinski definition) is 1. The maximum absolute atomic E-state index is 10.9. The third-order valence-electron chi connectivity index (χ3n) is 2.85. The summed E-state index contributed by atoms with van der Waals surface area (Å²) in [7, 11) is 0. The van der Waals surface area contributed by atoms with E-state index in [1.54, 1.807) is 24.3 Å². The van der Waals surface area contributed by atoms with Crippen molar-refractivity contribution in [3.63, 3.8) is 0 Å². The average Bonchev–Trinajstić information content (AvgIpc) is 2.43. The third-order valence-corrected chi connectivity index (χ3v) is 2.85. The smallest absolute Gasteiger partial charge is 0.349 e. The summed E-state index contributed by atoms with van der Waals surface area (Å²) in [6.07, 6.45) is 0. The van der Waals surface area contributed by atoms with E-state index in [0.29, 0.717) is 17.1 Å². The van der Waals surface area contributed by atoms with E-state index in [9.17, 15) is 20.2 Å². The highest BCUT2D eigenvalue weighted by atomic mass is 16.6. The zero-order chi connectivity index (χ0) is 14.3. The second kappa shape index (κ2) is 4.19. The molecule has 0 aromatic heterocycles. The van der Waals surface area contributed by atoms with Crippen LogP contribution in [-0.2, 0) is 0 Å². The minimum atomic E-state index is -0.803. The zero-order valence-electron chi connectivity index (χ0n) is 9.90. The van der Waals surface area contributed by atoms with Gasteiger partial charge in [0.05, 0.1) is 33.4 Å². The van der Waals surface area contributed by atoms with E-state index < -0.39 is 21.2 Å². The SMILES string of the molecule is O=[N+]([O-])c1cc2c(cc1[N+](=O)[O-])Oc1ccccc1N2. The molecule has 3 rings (SSSR count). The Hall–Kier alpha value is -3.16. The molecule has 1 N–H and O–H groups in total. The van der Waals surface area contributed by atoms with Crippen LogP contribution in [-0.4, -0.2) is 9.85 Å². The van der Waals surface area contributed by atoms with Crippen molar-refractivity contribution in [1.82, 2.24) is 0 Å². The van der Waals surface area contributed by atoms with Crippen LogP contribution in [0.5, 0.6) is 11.5 Å². The molecule has 8 heteroatoms. The Morgan fingerprint density at radius 1 is 0.900 bits per heavy atom. The molecular weight excluding hydrogens is 266 g/mol. The van der Waals surface area contributed by atoms with Crippen molar-refractivity contribution >= 4 is 22.7 Å². The van der Waals surface area contributed by atoms with E-state index >= 15 is 0 Å². The van der Waals surface area contributed by atoms with Gasteiger partial charge in [-0.05, 0) is 12.1 Å². The van der Waals surface area contributed by atoms with E-state index in [4.69, 9.17) is 4.74 Å². The fourth-order valence-electron chi connectivity index (χ4n) is 1.95. The number of fused-ring (bicyclic) bond motifs is 2. The van der Waals surface area contributed by atoms with Crippen LogP contribution in [0.2, 0.25) is 0 Å². The highest BCUT2D eigenvalue weighted by molar-refractivity contribution is 5.79. The number of nitrogens with zero attached hydrogens (tertiary/aromatic N) is 2. The van der Waals surface area contributed by atoms with E-state index in [0.717, 1.165) is 12.1 Å². The Balaban J connectivity index is 2.15. The summed E-state index contributed by atoms with van der Waals surface area (Å²) < 4.78 is 5.51. The van der Waals surface area contributed by atoms with Gasteiger partial charge in [0.15, 0.2) is 11.5 Å². The average molecular weight is 273 g/mol. The summed E-state index contributed by atoms with van der Waals surface area (Å²) in [6, 6.07) is 9.12. The van der Waals surface area contributed by atoms with Crippen molar-refractivity contribution in [3.8, 4) is 11.5 Å². The van der Waals surface area contributed by atoms with Gasteiger partial charge in [-0.1, -0.05) is 12.1 Å². The van der Waals surface area contributed by atoms with Gasteiger partial charge in [-0.3, -0.25) is 20.2 Å². The minimum Gasteiger partial charge on any atom is -0.453 e. The van der Waals surface area contributed by atoms with Crippen LogP contribution in [0.25, 0.3) is 0 Å². The second-order valence-electron chi connectivity index (χ2n) is 4.07. The molecule has 0 aliphatic carbocycles. The number of nitro groups is 2. The Morgan fingerprint density at radius 3 is 2.25 bits per heavy atom. The lowest BCUT2D eigenvalue weighted by Crippen LogP contribution is -2.05. The molecule has 0 atom stereocenters. The quantitative estimate of drug-likeness (QED) is 0.566. The predicted octanol–water partition coefficient (Wildman–Crippen LogP) is 3.35. The lowest BCUT2D eigenvalue weighted by Gasteiger charge is -2.20. The molecule has 0 fully saturated rings. The van der Waals surface area contributed by atoms with Crippen molar-refractivity contribution in [1.29, 1.82) is 0 Å². The van der Waals surface area contributed by atoms with Crippen molar-refractivity contribution < 1.29 is 14.6 Å². The Morgan fingerprint density at radius 2 is 1.55 bits per heavy atom. The van der Waals surface area contributed by atoms with Crippen molar-refractivity contribution in [2.45, 2.75) is 0 Å². The molecule has 0 unspecified atom stereocenters. The van der Waals surface area contributed by atoms with Crippen LogP contribution in [0.4, 0.5) is 22.7 Å². The minimum absolute atomic E-state index is 0.181. The van der Waals surface area contributed by atoms with Gasteiger partial charge in [0.1, 0.15) is 0 Å². The zero-order valence-corrected chi connectivity index (χ0v) is 9.90. The van der Waals surface area contributed by atoms with Gasteiger partial charge in [-0.25, -0.2) is 0 Å². The standard InChI is InChI=1S/C12H7N3O5/c16-14(17)9-5-8-12(6-10(9)15(18)19)20-11-4-2-1-3-7(11)13-8/h1-6,13H. The van der Waals surface area contributed by atoms with Gasteiger partial charge in [0.2, 0.25) is 0 Å². The number of anilines is 2. The molecule has 20 heavy (non-hydrogen) atoms. The van der Waals surface area contributed by atoms with Crippen LogP contribution in [0.15, 0.2) is 36.4 Å². The maximum Gasteiger partial charge on any atom is 0.349 e. The lowest BCUT2D eigenvalue weighted by molar-refractivity contribution is -0.422. The number of benzene rings is 2. The number of rotatable bonds is 2. The van der Waals surface area contributed by atoms with Crippen molar-refractivity contribution in [2.24, 2.45) is 0 Å². The van der Waals surface area contributed by atoms with Crippen LogP contribution in [0, 0.1) is 20.2 Å². The predicted molar refractivity (Wildman–Crippen MR) is 69.5 cm³/mol. The van der Waals surface area contributed by atoms with Gasteiger partial charge in [-0.15, -0.1) is 0 Å². The van der Waals surface area contributed by atoms with Crippen LogP contribution < -0.4 is 10.1 Å². The molecule has 8 nitrogen and oxygen atoms in total. The topological polar surface area (TPSA) is 108 Å². The van der Waals surface area contributed by atoms with Gasteiger partial charge in [0, 0.05) is 0 Å². The molecule has 0 radical (unpaired) electrons. The third kappa shape index (κ3) is 1.79. The Labute approximate surface area is 111 Å². The number of nitrogens with one attached hydrogen (secondary N) is 1. The first-order chi connectivity index (χ1) is 9.56. The molecule has 1 aliphatic heterocycles. The highest BCUT2D eigenvalue weighted by Gasteiger charge is 2.29. The molecule has 100 valence electrons. The summed E-state index contributed by atoms with van der Waals surface area (Å²) in [6.45, 7) is 0. The number of para-hydroxylation sites is 2. The van der Waals surface area contributed by atoms with Crippen LogP contribution in [0.3, 0.4) is 0 Å².